The van der Waals surface area contributed by atoms with Crippen LogP contribution in [0.5, 0.6) is 0 Å². The van der Waals surface area contributed by atoms with Gasteiger partial charge in [0.05, 0.1) is 11.2 Å². The van der Waals surface area contributed by atoms with Crippen LogP contribution in [-0.2, 0) is 0 Å². The average molecular weight is 256 g/mol. The van der Waals surface area contributed by atoms with E-state index >= 15 is 0 Å². The van der Waals surface area contributed by atoms with E-state index in [1.807, 2.05) is 0 Å². The molecular formula is C12H14F2N2O2. The second-order valence-corrected chi connectivity index (χ2v) is 4.75. The number of aliphatic hydroxyl groups is 1. The van der Waals surface area contributed by atoms with Gasteiger partial charge in [-0.2, -0.15) is 4.39 Å². The highest BCUT2D eigenvalue weighted by molar-refractivity contribution is 5.94. The summed E-state index contributed by atoms with van der Waals surface area (Å²) >= 11 is 0. The Balaban J connectivity index is 2.15. The molecule has 1 N–H and O–H groups in total. The van der Waals surface area contributed by atoms with Crippen LogP contribution in [0.25, 0.3) is 0 Å². The minimum atomic E-state index is -1.27. The molecule has 0 saturated carbocycles. The average Bonchev–Trinajstić information content (AvgIpc) is 2.32. The standard InChI is InChI=1S/C12H14F2N2O2/c1-12(18)3-6-16(7-4-12)11(17)8-2-5-15-10(14)9(8)13/h2,5,18H,3-4,6-7H2,1H3. The van der Waals surface area contributed by atoms with E-state index in [9.17, 15) is 18.7 Å². The quantitative estimate of drug-likeness (QED) is 0.772. The Morgan fingerprint density at radius 3 is 2.67 bits per heavy atom. The van der Waals surface area contributed by atoms with E-state index in [1.165, 1.54) is 4.90 Å². The van der Waals surface area contributed by atoms with Crippen molar-refractivity contribution in [3.63, 3.8) is 0 Å². The van der Waals surface area contributed by atoms with Gasteiger partial charge in [-0.05, 0) is 25.8 Å². The number of nitrogens with zero attached hydrogens (tertiary/aromatic N) is 2. The number of carbonyl (C=O) groups is 1. The lowest BCUT2D eigenvalue weighted by atomic mass is 9.93. The van der Waals surface area contributed by atoms with E-state index in [2.05, 4.69) is 4.98 Å². The fourth-order valence-corrected chi connectivity index (χ4v) is 1.95. The molecule has 1 aromatic rings. The SMILES string of the molecule is CC1(O)CCN(C(=O)c2ccnc(F)c2F)CC1. The van der Waals surface area contributed by atoms with Crippen molar-refractivity contribution in [2.24, 2.45) is 0 Å². The van der Waals surface area contributed by atoms with E-state index in [0.717, 1.165) is 12.3 Å². The van der Waals surface area contributed by atoms with Gasteiger partial charge in [-0.15, -0.1) is 0 Å². The number of carbonyl (C=O) groups excluding carboxylic acids is 1. The Kier molecular flexibility index (Phi) is 3.30. The molecule has 0 aromatic carbocycles. The maximum atomic E-state index is 13.4. The lowest BCUT2D eigenvalue weighted by Gasteiger charge is -2.35. The van der Waals surface area contributed by atoms with Crippen LogP contribution in [0.2, 0.25) is 0 Å². The largest absolute Gasteiger partial charge is 0.390 e. The molecule has 0 bridgehead atoms. The summed E-state index contributed by atoms with van der Waals surface area (Å²) in [5.74, 6) is -3.06. The summed E-state index contributed by atoms with van der Waals surface area (Å²) in [6, 6.07) is 1.16. The minimum absolute atomic E-state index is 0.316. The number of pyridine rings is 1. The Morgan fingerprint density at radius 1 is 1.44 bits per heavy atom. The van der Waals surface area contributed by atoms with Crippen LogP contribution in [0.15, 0.2) is 12.3 Å². The fraction of sp³-hybridized carbons (Fsp3) is 0.500. The second-order valence-electron chi connectivity index (χ2n) is 4.75. The molecule has 1 aliphatic heterocycles. The van der Waals surface area contributed by atoms with Crippen molar-refractivity contribution < 1.29 is 18.7 Å². The van der Waals surface area contributed by atoms with Gasteiger partial charge in [0.2, 0.25) is 5.95 Å². The predicted octanol–water partition coefficient (Wildman–Crippen LogP) is 1.35. The summed E-state index contributed by atoms with van der Waals surface area (Å²) in [7, 11) is 0. The van der Waals surface area contributed by atoms with Crippen molar-refractivity contribution in [3.05, 3.63) is 29.6 Å². The Morgan fingerprint density at radius 2 is 2.06 bits per heavy atom. The molecule has 2 rings (SSSR count). The van der Waals surface area contributed by atoms with Gasteiger partial charge >= 0.3 is 0 Å². The molecule has 2 heterocycles. The van der Waals surface area contributed by atoms with Crippen LogP contribution in [0.4, 0.5) is 8.78 Å². The first-order valence-corrected chi connectivity index (χ1v) is 5.72. The monoisotopic (exact) mass is 256 g/mol. The molecule has 18 heavy (non-hydrogen) atoms. The molecular weight excluding hydrogens is 242 g/mol. The zero-order valence-corrected chi connectivity index (χ0v) is 9.99. The second kappa shape index (κ2) is 4.61. The Bertz CT molecular complexity index is 467. The van der Waals surface area contributed by atoms with Crippen LogP contribution >= 0.6 is 0 Å². The molecule has 4 nitrogen and oxygen atoms in total. The molecule has 0 unspecified atom stereocenters. The number of hydrogen-bond donors (Lipinski definition) is 1. The van der Waals surface area contributed by atoms with E-state index in [1.54, 1.807) is 6.92 Å². The van der Waals surface area contributed by atoms with Crippen molar-refractivity contribution in [2.75, 3.05) is 13.1 Å². The van der Waals surface area contributed by atoms with Gasteiger partial charge in [-0.3, -0.25) is 4.79 Å². The third-order valence-corrected chi connectivity index (χ3v) is 3.20. The third kappa shape index (κ3) is 2.48. The highest BCUT2D eigenvalue weighted by Gasteiger charge is 2.31. The van der Waals surface area contributed by atoms with Gasteiger partial charge in [-0.25, -0.2) is 9.37 Å². The van der Waals surface area contributed by atoms with Crippen LogP contribution in [-0.4, -0.2) is 39.6 Å². The Labute approximate surface area is 103 Å². The van der Waals surface area contributed by atoms with E-state index < -0.39 is 23.3 Å². The molecule has 6 heteroatoms. The van der Waals surface area contributed by atoms with Crippen molar-refractivity contribution in [3.8, 4) is 0 Å². The first-order chi connectivity index (χ1) is 8.41. The van der Waals surface area contributed by atoms with Gasteiger partial charge in [0, 0.05) is 19.3 Å². The van der Waals surface area contributed by atoms with Gasteiger partial charge in [0.25, 0.3) is 5.91 Å². The number of likely N-dealkylation sites (tertiary alicyclic amines) is 1. The van der Waals surface area contributed by atoms with E-state index in [-0.39, 0.29) is 5.56 Å². The summed E-state index contributed by atoms with van der Waals surface area (Å²) in [6.07, 6.45) is 1.91. The molecule has 1 aliphatic rings. The van der Waals surface area contributed by atoms with Gasteiger partial charge in [-0.1, -0.05) is 0 Å². The maximum Gasteiger partial charge on any atom is 0.257 e. The molecule has 0 radical (unpaired) electrons. The molecule has 98 valence electrons. The predicted molar refractivity (Wildman–Crippen MR) is 59.9 cm³/mol. The van der Waals surface area contributed by atoms with Crippen LogP contribution in [0.1, 0.15) is 30.1 Å². The maximum absolute atomic E-state index is 13.4. The molecule has 1 aromatic heterocycles. The van der Waals surface area contributed by atoms with Crippen LogP contribution < -0.4 is 0 Å². The summed E-state index contributed by atoms with van der Waals surface area (Å²) in [4.78, 5) is 16.5. The third-order valence-electron chi connectivity index (χ3n) is 3.20. The van der Waals surface area contributed by atoms with E-state index in [4.69, 9.17) is 0 Å². The number of hydrogen-bond acceptors (Lipinski definition) is 3. The van der Waals surface area contributed by atoms with Crippen LogP contribution in [0, 0.1) is 11.8 Å². The summed E-state index contributed by atoms with van der Waals surface area (Å²) < 4.78 is 26.4. The zero-order valence-electron chi connectivity index (χ0n) is 9.99. The van der Waals surface area contributed by atoms with Crippen molar-refractivity contribution >= 4 is 5.91 Å². The highest BCUT2D eigenvalue weighted by atomic mass is 19.2. The smallest absolute Gasteiger partial charge is 0.257 e. The van der Waals surface area contributed by atoms with Crippen molar-refractivity contribution in [1.82, 2.24) is 9.88 Å². The number of halogens is 2. The number of piperidine rings is 1. The number of aromatic nitrogens is 1. The Hall–Kier alpha value is -1.56. The summed E-state index contributed by atoms with van der Waals surface area (Å²) in [5, 5.41) is 9.76. The highest BCUT2D eigenvalue weighted by Crippen LogP contribution is 2.23. The summed E-state index contributed by atoms with van der Waals surface area (Å²) in [6.45, 7) is 2.35. The fourth-order valence-electron chi connectivity index (χ4n) is 1.95. The molecule has 1 saturated heterocycles. The first-order valence-electron chi connectivity index (χ1n) is 5.72. The molecule has 0 atom stereocenters. The molecule has 0 spiro atoms. The molecule has 1 fully saturated rings. The summed E-state index contributed by atoms with van der Waals surface area (Å²) in [5.41, 5.74) is -1.11. The van der Waals surface area contributed by atoms with Crippen LogP contribution in [0.3, 0.4) is 0 Å². The number of rotatable bonds is 1. The van der Waals surface area contributed by atoms with Gasteiger partial charge in [0.1, 0.15) is 0 Å². The lowest BCUT2D eigenvalue weighted by molar-refractivity contribution is -0.00217. The van der Waals surface area contributed by atoms with Gasteiger partial charge < -0.3 is 10.0 Å². The number of amides is 1. The van der Waals surface area contributed by atoms with Crippen molar-refractivity contribution in [2.45, 2.75) is 25.4 Å². The minimum Gasteiger partial charge on any atom is -0.390 e. The van der Waals surface area contributed by atoms with E-state index in [0.29, 0.717) is 25.9 Å². The zero-order chi connectivity index (χ0) is 13.3. The first kappa shape index (κ1) is 12.9. The normalized spacial score (nSPS) is 18.8. The lowest BCUT2D eigenvalue weighted by Crippen LogP contribution is -2.45. The molecule has 0 aliphatic carbocycles. The van der Waals surface area contributed by atoms with Gasteiger partial charge in [0.15, 0.2) is 5.82 Å². The topological polar surface area (TPSA) is 53.4 Å². The van der Waals surface area contributed by atoms with Crippen molar-refractivity contribution in [1.29, 1.82) is 0 Å². The molecule has 1 amide bonds.